The maximum Gasteiger partial charge on any atom is 0.154 e. The van der Waals surface area contributed by atoms with Crippen LogP contribution in [0.15, 0.2) is 75.2 Å². The first-order valence-corrected chi connectivity index (χ1v) is 12.0. The van der Waals surface area contributed by atoms with E-state index in [1.54, 1.807) is 24.4 Å². The number of halogens is 1. The molecule has 0 atom stereocenters. The maximum atomic E-state index is 11.1. The van der Waals surface area contributed by atoms with Crippen molar-refractivity contribution in [2.45, 2.75) is 52.4 Å². The Bertz CT molecular complexity index is 1190. The Kier molecular flexibility index (Phi) is 7.51. The van der Waals surface area contributed by atoms with E-state index in [1.807, 2.05) is 42.5 Å². The van der Waals surface area contributed by atoms with Crippen molar-refractivity contribution in [1.29, 1.82) is 0 Å². The van der Waals surface area contributed by atoms with Gasteiger partial charge in [0.1, 0.15) is 11.5 Å². The maximum absolute atomic E-state index is 11.1. The molecule has 0 saturated carbocycles. The summed E-state index contributed by atoms with van der Waals surface area (Å²) >= 11 is 3.42. The molecule has 3 aromatic rings. The number of para-hydroxylation sites is 1. The van der Waals surface area contributed by atoms with Crippen molar-refractivity contribution in [3.05, 3.63) is 87.4 Å². The van der Waals surface area contributed by atoms with Crippen molar-refractivity contribution in [2.24, 2.45) is 10.1 Å². The Hall–Kier alpha value is -3.12. The number of benzene rings is 3. The molecule has 0 radical (unpaired) electrons. The minimum atomic E-state index is -0.274. The predicted molar refractivity (Wildman–Crippen MR) is 145 cm³/mol. The zero-order valence-electron chi connectivity index (χ0n) is 20.5. The largest absolute Gasteiger partial charge is 0.507 e. The van der Waals surface area contributed by atoms with Crippen LogP contribution in [-0.2, 0) is 10.8 Å². The highest BCUT2D eigenvalue weighted by molar-refractivity contribution is 9.10. The highest BCUT2D eigenvalue weighted by Gasteiger charge is 2.27. The molecule has 34 heavy (non-hydrogen) atoms. The minimum absolute atomic E-state index is 0.130. The predicted octanol–water partition coefficient (Wildman–Crippen LogP) is 7.16. The molecular formula is C28H32BrN3O2. The van der Waals surface area contributed by atoms with Gasteiger partial charge in [-0.1, -0.05) is 75.7 Å². The van der Waals surface area contributed by atoms with E-state index in [9.17, 15) is 10.2 Å². The molecule has 5 nitrogen and oxygen atoms in total. The SMILES string of the molecule is CC(C)(C)c1cc(C(=Nc2ccccc2)N/N=C/c2cc(Br)ccc2O)cc(C(C)(C)C)c1O. The van der Waals surface area contributed by atoms with Gasteiger partial charge in [-0.2, -0.15) is 5.10 Å². The number of aromatic hydroxyl groups is 2. The molecular weight excluding hydrogens is 490 g/mol. The van der Waals surface area contributed by atoms with Crippen molar-refractivity contribution in [3.63, 3.8) is 0 Å². The van der Waals surface area contributed by atoms with Gasteiger partial charge in [0.05, 0.1) is 11.9 Å². The summed E-state index contributed by atoms with van der Waals surface area (Å²) in [6.07, 6.45) is 1.55. The van der Waals surface area contributed by atoms with Crippen LogP contribution in [0.1, 0.15) is 63.8 Å². The van der Waals surface area contributed by atoms with E-state index in [1.165, 1.54) is 0 Å². The third-order valence-corrected chi connectivity index (χ3v) is 5.85. The van der Waals surface area contributed by atoms with Crippen LogP contribution in [0.2, 0.25) is 0 Å². The number of nitrogens with zero attached hydrogens (tertiary/aromatic N) is 2. The van der Waals surface area contributed by atoms with E-state index in [2.05, 4.69) is 68.0 Å². The molecule has 0 aliphatic rings. The summed E-state index contributed by atoms with van der Waals surface area (Å²) in [6, 6.07) is 18.7. The van der Waals surface area contributed by atoms with Gasteiger partial charge >= 0.3 is 0 Å². The van der Waals surface area contributed by atoms with Crippen molar-refractivity contribution in [1.82, 2.24) is 5.43 Å². The van der Waals surface area contributed by atoms with Crippen LogP contribution in [0.25, 0.3) is 0 Å². The summed E-state index contributed by atoms with van der Waals surface area (Å²) < 4.78 is 0.841. The zero-order chi connectivity index (χ0) is 25.1. The van der Waals surface area contributed by atoms with E-state index in [0.29, 0.717) is 17.1 Å². The number of phenols is 2. The molecule has 0 bridgehead atoms. The summed E-state index contributed by atoms with van der Waals surface area (Å²) in [7, 11) is 0. The van der Waals surface area contributed by atoms with E-state index in [0.717, 1.165) is 26.9 Å². The van der Waals surface area contributed by atoms with Gasteiger partial charge in [0.15, 0.2) is 5.84 Å². The highest BCUT2D eigenvalue weighted by atomic mass is 79.9. The first kappa shape index (κ1) is 25.5. The summed E-state index contributed by atoms with van der Waals surface area (Å²) in [5.41, 5.74) is 6.35. The van der Waals surface area contributed by atoms with Crippen LogP contribution in [0.4, 0.5) is 5.69 Å². The molecule has 0 amide bonds. The quantitative estimate of drug-likeness (QED) is 0.193. The molecule has 178 valence electrons. The number of hydrogen-bond donors (Lipinski definition) is 3. The Balaban J connectivity index is 2.14. The molecule has 0 aromatic heterocycles. The zero-order valence-corrected chi connectivity index (χ0v) is 22.1. The lowest BCUT2D eigenvalue weighted by Crippen LogP contribution is -2.23. The summed E-state index contributed by atoms with van der Waals surface area (Å²) in [5, 5.41) is 25.6. The normalized spacial score (nSPS) is 12.9. The lowest BCUT2D eigenvalue weighted by atomic mass is 9.78. The summed E-state index contributed by atoms with van der Waals surface area (Å²) in [5.74, 6) is 0.975. The fourth-order valence-electron chi connectivity index (χ4n) is 3.49. The smallest absolute Gasteiger partial charge is 0.154 e. The van der Waals surface area contributed by atoms with Gasteiger partial charge in [-0.15, -0.1) is 0 Å². The van der Waals surface area contributed by atoms with Crippen molar-refractivity contribution < 1.29 is 10.2 Å². The van der Waals surface area contributed by atoms with E-state index in [4.69, 9.17) is 4.99 Å². The van der Waals surface area contributed by atoms with E-state index in [-0.39, 0.29) is 16.6 Å². The Morgan fingerprint density at radius 1 is 0.853 bits per heavy atom. The third-order valence-electron chi connectivity index (χ3n) is 5.36. The first-order valence-electron chi connectivity index (χ1n) is 11.2. The number of aliphatic imine (C=N–C) groups is 1. The topological polar surface area (TPSA) is 77.2 Å². The number of hydrazone groups is 1. The third kappa shape index (κ3) is 6.26. The fraction of sp³-hybridized carbons (Fsp3) is 0.286. The van der Waals surface area contributed by atoms with Gasteiger partial charge in [0.2, 0.25) is 0 Å². The van der Waals surface area contributed by atoms with E-state index >= 15 is 0 Å². The van der Waals surface area contributed by atoms with Crippen LogP contribution in [0, 0.1) is 0 Å². The molecule has 0 fully saturated rings. The average molecular weight is 522 g/mol. The Morgan fingerprint density at radius 2 is 1.44 bits per heavy atom. The monoisotopic (exact) mass is 521 g/mol. The van der Waals surface area contributed by atoms with Crippen LogP contribution < -0.4 is 5.43 Å². The van der Waals surface area contributed by atoms with Gasteiger partial charge in [0, 0.05) is 26.7 Å². The van der Waals surface area contributed by atoms with Crippen LogP contribution in [0.3, 0.4) is 0 Å². The lowest BCUT2D eigenvalue weighted by Gasteiger charge is -2.28. The molecule has 0 unspecified atom stereocenters. The van der Waals surface area contributed by atoms with Gasteiger partial charge in [0.25, 0.3) is 0 Å². The van der Waals surface area contributed by atoms with E-state index < -0.39 is 0 Å². The standard InChI is InChI=1S/C28H32BrN3O2/c1-27(2,3)22-15-18(16-23(25(22)34)28(4,5)6)26(31-21-10-8-7-9-11-21)32-30-17-19-14-20(29)12-13-24(19)33/h7-17,33-34H,1-6H3,(H,31,32)/b30-17+. The number of phenolic OH excluding ortho intramolecular Hbond substituents is 2. The van der Waals surface area contributed by atoms with Crippen LogP contribution >= 0.6 is 15.9 Å². The van der Waals surface area contributed by atoms with Crippen LogP contribution in [0.5, 0.6) is 11.5 Å². The molecule has 3 rings (SSSR count). The Morgan fingerprint density at radius 3 is 2.00 bits per heavy atom. The lowest BCUT2D eigenvalue weighted by molar-refractivity contribution is 0.423. The summed E-state index contributed by atoms with van der Waals surface area (Å²) in [4.78, 5) is 4.81. The van der Waals surface area contributed by atoms with Crippen molar-refractivity contribution >= 4 is 33.7 Å². The number of hydrogen-bond acceptors (Lipinski definition) is 4. The van der Waals surface area contributed by atoms with Crippen molar-refractivity contribution in [3.8, 4) is 11.5 Å². The molecule has 0 saturated heterocycles. The van der Waals surface area contributed by atoms with Gasteiger partial charge in [-0.05, 0) is 53.3 Å². The Labute approximate surface area is 210 Å². The number of rotatable bonds is 4. The molecule has 0 spiro atoms. The molecule has 0 aliphatic heterocycles. The second kappa shape index (κ2) is 10.0. The van der Waals surface area contributed by atoms with Crippen molar-refractivity contribution in [2.75, 3.05) is 0 Å². The fourth-order valence-corrected chi connectivity index (χ4v) is 3.87. The van der Waals surface area contributed by atoms with Crippen LogP contribution in [-0.4, -0.2) is 22.3 Å². The van der Waals surface area contributed by atoms with Gasteiger partial charge in [-0.25, -0.2) is 4.99 Å². The first-order chi connectivity index (χ1) is 15.9. The number of nitrogens with one attached hydrogen (secondary N) is 1. The van der Waals surface area contributed by atoms with Gasteiger partial charge in [-0.3, -0.25) is 5.43 Å². The minimum Gasteiger partial charge on any atom is -0.507 e. The molecule has 3 aromatic carbocycles. The molecule has 0 heterocycles. The number of amidine groups is 1. The second-order valence-corrected chi connectivity index (χ2v) is 11.2. The summed E-state index contributed by atoms with van der Waals surface area (Å²) in [6.45, 7) is 12.5. The van der Waals surface area contributed by atoms with Gasteiger partial charge < -0.3 is 10.2 Å². The molecule has 0 aliphatic carbocycles. The second-order valence-electron chi connectivity index (χ2n) is 10.3. The average Bonchev–Trinajstić information content (AvgIpc) is 2.74. The molecule has 6 heteroatoms. The highest BCUT2D eigenvalue weighted by Crippen LogP contribution is 2.40. The molecule has 3 N–H and O–H groups in total.